The lowest BCUT2D eigenvalue weighted by Gasteiger charge is -2.33. The van der Waals surface area contributed by atoms with Gasteiger partial charge in [0.1, 0.15) is 18.8 Å². The number of hydrogen-bond donors (Lipinski definition) is 1. The van der Waals surface area contributed by atoms with Gasteiger partial charge in [0, 0.05) is 19.6 Å². The van der Waals surface area contributed by atoms with Gasteiger partial charge in [-0.15, -0.1) is 0 Å². The van der Waals surface area contributed by atoms with Gasteiger partial charge < -0.3 is 10.0 Å². The van der Waals surface area contributed by atoms with Gasteiger partial charge in [-0.2, -0.15) is 5.10 Å². The molecule has 6 heteroatoms. The molecule has 1 aliphatic rings. The molecule has 1 N–H and O–H groups in total. The van der Waals surface area contributed by atoms with E-state index in [0.29, 0.717) is 5.92 Å². The van der Waals surface area contributed by atoms with Crippen molar-refractivity contribution in [2.75, 3.05) is 13.1 Å². The fraction of sp³-hybridized carbons (Fsp3) is 0.769. The van der Waals surface area contributed by atoms with Gasteiger partial charge in [0.2, 0.25) is 0 Å². The minimum atomic E-state index is -0.869. The van der Waals surface area contributed by atoms with Gasteiger partial charge in [-0.05, 0) is 24.7 Å². The zero-order chi connectivity index (χ0) is 13.8. The molecule has 0 saturated carbocycles. The van der Waals surface area contributed by atoms with Crippen molar-refractivity contribution in [3.8, 4) is 0 Å². The van der Waals surface area contributed by atoms with Crippen molar-refractivity contribution in [1.82, 2.24) is 19.7 Å². The zero-order valence-corrected chi connectivity index (χ0v) is 11.6. The van der Waals surface area contributed by atoms with E-state index in [2.05, 4.69) is 10.1 Å². The molecule has 2 rings (SSSR count). The first-order valence-electron chi connectivity index (χ1n) is 6.87. The SMILES string of the molecule is CC(C)[C@H](O)C(=O)N1CCC(Cn2cncn2)CC1. The number of carbonyl (C=O) groups is 1. The quantitative estimate of drug-likeness (QED) is 0.863. The Morgan fingerprint density at radius 2 is 2.11 bits per heavy atom. The smallest absolute Gasteiger partial charge is 0.251 e. The number of likely N-dealkylation sites (tertiary alicyclic amines) is 1. The number of amides is 1. The second-order valence-electron chi connectivity index (χ2n) is 5.58. The molecule has 2 heterocycles. The van der Waals surface area contributed by atoms with Crippen molar-refractivity contribution < 1.29 is 9.90 Å². The number of aliphatic hydroxyl groups excluding tert-OH is 1. The highest BCUT2D eigenvalue weighted by Gasteiger charge is 2.28. The van der Waals surface area contributed by atoms with Crippen molar-refractivity contribution in [2.24, 2.45) is 11.8 Å². The van der Waals surface area contributed by atoms with Crippen molar-refractivity contribution in [2.45, 2.75) is 39.3 Å². The van der Waals surface area contributed by atoms with Gasteiger partial charge in [0.05, 0.1) is 0 Å². The van der Waals surface area contributed by atoms with Crippen LogP contribution in [-0.4, -0.2) is 49.9 Å². The molecule has 1 saturated heterocycles. The summed E-state index contributed by atoms with van der Waals surface area (Å²) in [5.74, 6) is 0.372. The van der Waals surface area contributed by atoms with Crippen LogP contribution in [0.25, 0.3) is 0 Å². The van der Waals surface area contributed by atoms with Gasteiger partial charge >= 0.3 is 0 Å². The summed E-state index contributed by atoms with van der Waals surface area (Å²) in [5, 5.41) is 13.9. The number of nitrogens with zero attached hydrogens (tertiary/aromatic N) is 4. The van der Waals surface area contributed by atoms with E-state index in [4.69, 9.17) is 0 Å². The lowest BCUT2D eigenvalue weighted by Crippen LogP contribution is -2.45. The number of hydrogen-bond acceptors (Lipinski definition) is 4. The fourth-order valence-corrected chi connectivity index (χ4v) is 2.40. The Labute approximate surface area is 113 Å². The van der Waals surface area contributed by atoms with E-state index < -0.39 is 6.10 Å². The lowest BCUT2D eigenvalue weighted by atomic mass is 9.95. The summed E-state index contributed by atoms with van der Waals surface area (Å²) >= 11 is 0. The van der Waals surface area contributed by atoms with Crippen LogP contribution >= 0.6 is 0 Å². The molecule has 106 valence electrons. The molecule has 0 spiro atoms. The summed E-state index contributed by atoms with van der Waals surface area (Å²) in [4.78, 5) is 17.7. The number of rotatable bonds is 4. The molecule has 1 amide bonds. The Kier molecular flexibility index (Phi) is 4.52. The summed E-state index contributed by atoms with van der Waals surface area (Å²) in [6.45, 7) is 6.03. The molecule has 1 fully saturated rings. The van der Waals surface area contributed by atoms with Gasteiger partial charge in [-0.3, -0.25) is 9.48 Å². The van der Waals surface area contributed by atoms with Crippen molar-refractivity contribution >= 4 is 5.91 Å². The molecule has 1 aliphatic heterocycles. The molecule has 0 radical (unpaired) electrons. The van der Waals surface area contributed by atoms with Crippen LogP contribution in [-0.2, 0) is 11.3 Å². The number of aromatic nitrogens is 3. The third-order valence-corrected chi connectivity index (χ3v) is 3.72. The average Bonchev–Trinajstić information content (AvgIpc) is 2.90. The normalized spacial score (nSPS) is 18.8. The first kappa shape index (κ1) is 14.0. The third kappa shape index (κ3) is 3.53. The predicted molar refractivity (Wildman–Crippen MR) is 70.2 cm³/mol. The molecule has 1 atom stereocenters. The van der Waals surface area contributed by atoms with Gasteiger partial charge in [0.15, 0.2) is 0 Å². The predicted octanol–water partition coefficient (Wildman–Crippen LogP) is 0.534. The van der Waals surface area contributed by atoms with Crippen LogP contribution in [0, 0.1) is 11.8 Å². The van der Waals surface area contributed by atoms with E-state index in [1.165, 1.54) is 6.33 Å². The largest absolute Gasteiger partial charge is 0.383 e. The van der Waals surface area contributed by atoms with E-state index >= 15 is 0 Å². The Morgan fingerprint density at radius 3 is 2.63 bits per heavy atom. The maximum atomic E-state index is 12.0. The Hall–Kier alpha value is -1.43. The minimum Gasteiger partial charge on any atom is -0.383 e. The molecule has 6 nitrogen and oxygen atoms in total. The maximum Gasteiger partial charge on any atom is 0.251 e. The molecular formula is C13H22N4O2. The number of carbonyl (C=O) groups excluding carboxylic acids is 1. The van der Waals surface area contributed by atoms with Crippen LogP contribution < -0.4 is 0 Å². The lowest BCUT2D eigenvalue weighted by molar-refractivity contribution is -0.143. The van der Waals surface area contributed by atoms with E-state index in [1.807, 2.05) is 18.5 Å². The highest BCUT2D eigenvalue weighted by molar-refractivity contribution is 5.80. The first-order valence-corrected chi connectivity index (χ1v) is 6.87. The van der Waals surface area contributed by atoms with Crippen LogP contribution in [0.15, 0.2) is 12.7 Å². The average molecular weight is 266 g/mol. The van der Waals surface area contributed by atoms with Crippen LogP contribution in [0.5, 0.6) is 0 Å². The summed E-state index contributed by atoms with van der Waals surface area (Å²) in [6, 6.07) is 0. The second-order valence-corrected chi connectivity index (χ2v) is 5.58. The molecular weight excluding hydrogens is 244 g/mol. The number of piperidine rings is 1. The van der Waals surface area contributed by atoms with Crippen LogP contribution in [0.4, 0.5) is 0 Å². The molecule has 1 aromatic heterocycles. The standard InChI is InChI=1S/C13H22N4O2/c1-10(2)12(18)13(19)16-5-3-11(4-6-16)7-17-9-14-8-15-17/h8-12,18H,3-7H2,1-2H3/t12-/m0/s1. The van der Waals surface area contributed by atoms with Gasteiger partial charge in [0.25, 0.3) is 5.91 Å². The molecule has 19 heavy (non-hydrogen) atoms. The third-order valence-electron chi connectivity index (χ3n) is 3.72. The van der Waals surface area contributed by atoms with Crippen LogP contribution in [0.1, 0.15) is 26.7 Å². The molecule has 0 bridgehead atoms. The summed E-state index contributed by atoms with van der Waals surface area (Å²) in [6.07, 6.45) is 4.30. The Morgan fingerprint density at radius 1 is 1.42 bits per heavy atom. The monoisotopic (exact) mass is 266 g/mol. The Bertz CT molecular complexity index is 397. The highest BCUT2D eigenvalue weighted by Crippen LogP contribution is 2.20. The highest BCUT2D eigenvalue weighted by atomic mass is 16.3. The first-order chi connectivity index (χ1) is 9.08. The number of aliphatic hydroxyl groups is 1. The van der Waals surface area contributed by atoms with E-state index in [0.717, 1.165) is 32.5 Å². The Balaban J connectivity index is 1.80. The van der Waals surface area contributed by atoms with Crippen LogP contribution in [0.2, 0.25) is 0 Å². The molecule has 1 aromatic rings. The molecule has 0 unspecified atom stereocenters. The summed E-state index contributed by atoms with van der Waals surface area (Å²) in [7, 11) is 0. The summed E-state index contributed by atoms with van der Waals surface area (Å²) < 4.78 is 1.84. The fourth-order valence-electron chi connectivity index (χ4n) is 2.40. The van der Waals surface area contributed by atoms with Crippen LogP contribution in [0.3, 0.4) is 0 Å². The zero-order valence-electron chi connectivity index (χ0n) is 11.6. The van der Waals surface area contributed by atoms with Crippen molar-refractivity contribution in [3.63, 3.8) is 0 Å². The maximum absolute atomic E-state index is 12.0. The molecule has 0 aliphatic carbocycles. The van der Waals surface area contributed by atoms with E-state index in [-0.39, 0.29) is 11.8 Å². The van der Waals surface area contributed by atoms with E-state index in [9.17, 15) is 9.90 Å². The summed E-state index contributed by atoms with van der Waals surface area (Å²) in [5.41, 5.74) is 0. The van der Waals surface area contributed by atoms with Crippen molar-refractivity contribution in [1.29, 1.82) is 0 Å². The topological polar surface area (TPSA) is 71.2 Å². The van der Waals surface area contributed by atoms with Gasteiger partial charge in [-0.1, -0.05) is 13.8 Å². The van der Waals surface area contributed by atoms with Crippen molar-refractivity contribution in [3.05, 3.63) is 12.7 Å². The van der Waals surface area contributed by atoms with Gasteiger partial charge in [-0.25, -0.2) is 4.98 Å². The minimum absolute atomic E-state index is 0.0274. The van der Waals surface area contributed by atoms with E-state index in [1.54, 1.807) is 11.2 Å². The second kappa shape index (κ2) is 6.14. The molecule has 0 aromatic carbocycles.